The fraction of sp³-hybridized carbons (Fsp3) is 0. The molecule has 0 amide bonds. The van der Waals surface area contributed by atoms with Crippen molar-refractivity contribution >= 4 is 22.1 Å². The molecule has 0 aromatic heterocycles. The molecule has 0 saturated heterocycles. The van der Waals surface area contributed by atoms with Gasteiger partial charge >= 0.3 is 0 Å². The molecule has 0 aliphatic carbocycles. The van der Waals surface area contributed by atoms with Crippen LogP contribution in [-0.2, 0) is 0 Å². The molecule has 1 N–H and O–H groups in total. The van der Waals surface area contributed by atoms with E-state index in [1.165, 1.54) is 0 Å². The van der Waals surface area contributed by atoms with Crippen LogP contribution in [0, 0.1) is 17.0 Å². The normalized spacial score (nSPS) is 9.73. The molecule has 0 unspecified atom stereocenters. The zero-order valence-electron chi connectivity index (χ0n) is 5.37. The van der Waals surface area contributed by atoms with Gasteiger partial charge in [0.2, 0.25) is 0 Å². The Labute approximate surface area is 70.7 Å². The second kappa shape index (κ2) is 3.09. The van der Waals surface area contributed by atoms with E-state index < -0.39 is 11.6 Å². The summed E-state index contributed by atoms with van der Waals surface area (Å²) in [6.45, 7) is 0. The van der Waals surface area contributed by atoms with Gasteiger partial charge in [0.25, 0.3) is 0 Å². The molecule has 1 nitrogen and oxygen atoms in total. The van der Waals surface area contributed by atoms with E-state index in [4.69, 9.17) is 5.41 Å². The summed E-state index contributed by atoms with van der Waals surface area (Å²) < 4.78 is 25.4. The monoisotopic (exact) mass is 219 g/mol. The molecule has 0 fully saturated rings. The van der Waals surface area contributed by atoms with E-state index in [9.17, 15) is 8.78 Å². The Morgan fingerprint density at radius 1 is 1.27 bits per heavy atom. The van der Waals surface area contributed by atoms with Gasteiger partial charge in [0.05, 0.1) is 4.47 Å². The average Bonchev–Trinajstić information content (AvgIpc) is 1.97. The van der Waals surface area contributed by atoms with Crippen LogP contribution in [0.2, 0.25) is 0 Å². The largest absolute Gasteiger partial charge is 0.308 e. The van der Waals surface area contributed by atoms with Gasteiger partial charge in [-0.3, -0.25) is 0 Å². The molecule has 1 aromatic carbocycles. The Morgan fingerprint density at radius 2 is 1.91 bits per heavy atom. The van der Waals surface area contributed by atoms with Crippen molar-refractivity contribution in [3.05, 3.63) is 33.8 Å². The van der Waals surface area contributed by atoms with Crippen LogP contribution in [0.4, 0.5) is 8.78 Å². The molecular formula is C7H4BrF2N. The van der Waals surface area contributed by atoms with Crippen LogP contribution >= 0.6 is 15.9 Å². The molecule has 0 atom stereocenters. The summed E-state index contributed by atoms with van der Waals surface area (Å²) in [7, 11) is 0. The highest BCUT2D eigenvalue weighted by Crippen LogP contribution is 2.18. The SMILES string of the molecule is N=Cc1cc(F)c(Br)cc1F. The molecule has 0 saturated carbocycles. The van der Waals surface area contributed by atoms with E-state index in [1.807, 2.05) is 0 Å². The molecule has 1 aromatic rings. The van der Waals surface area contributed by atoms with Crippen LogP contribution in [0.3, 0.4) is 0 Å². The van der Waals surface area contributed by atoms with Crippen LogP contribution in [0.15, 0.2) is 16.6 Å². The lowest BCUT2D eigenvalue weighted by Crippen LogP contribution is -1.89. The highest BCUT2D eigenvalue weighted by molar-refractivity contribution is 9.10. The van der Waals surface area contributed by atoms with E-state index in [0.29, 0.717) is 0 Å². The van der Waals surface area contributed by atoms with Crippen molar-refractivity contribution < 1.29 is 8.78 Å². The molecule has 0 aliphatic heterocycles. The molecule has 58 valence electrons. The smallest absolute Gasteiger partial charge is 0.138 e. The van der Waals surface area contributed by atoms with Crippen molar-refractivity contribution in [3.63, 3.8) is 0 Å². The van der Waals surface area contributed by atoms with Gasteiger partial charge in [-0.15, -0.1) is 0 Å². The first kappa shape index (κ1) is 8.33. The molecule has 11 heavy (non-hydrogen) atoms. The van der Waals surface area contributed by atoms with Crippen molar-refractivity contribution in [2.45, 2.75) is 0 Å². The molecular weight excluding hydrogens is 216 g/mol. The molecule has 0 spiro atoms. The Morgan fingerprint density at radius 3 is 2.45 bits per heavy atom. The Hall–Kier alpha value is -0.770. The molecule has 1 rings (SSSR count). The zero-order valence-corrected chi connectivity index (χ0v) is 6.95. The van der Waals surface area contributed by atoms with E-state index in [-0.39, 0.29) is 10.0 Å². The van der Waals surface area contributed by atoms with Gasteiger partial charge in [-0.25, -0.2) is 8.78 Å². The first-order valence-electron chi connectivity index (χ1n) is 2.80. The third kappa shape index (κ3) is 1.63. The minimum atomic E-state index is -0.603. The van der Waals surface area contributed by atoms with Gasteiger partial charge < -0.3 is 5.41 Å². The predicted octanol–water partition coefficient (Wildman–Crippen LogP) is 2.72. The highest BCUT2D eigenvalue weighted by Gasteiger charge is 2.04. The fourth-order valence-electron chi connectivity index (χ4n) is 0.649. The fourth-order valence-corrected chi connectivity index (χ4v) is 0.964. The number of rotatable bonds is 1. The van der Waals surface area contributed by atoms with Gasteiger partial charge in [-0.05, 0) is 28.1 Å². The minimum absolute atomic E-state index is 0.0503. The van der Waals surface area contributed by atoms with Crippen molar-refractivity contribution in [3.8, 4) is 0 Å². The minimum Gasteiger partial charge on any atom is -0.308 e. The van der Waals surface area contributed by atoms with Gasteiger partial charge in [-0.2, -0.15) is 0 Å². The first-order valence-corrected chi connectivity index (χ1v) is 3.59. The standard InChI is InChI=1S/C7H4BrF2N/c8-5-2-6(9)4(3-11)1-7(5)10/h1-3,11H. The summed E-state index contributed by atoms with van der Waals surface area (Å²) in [5, 5.41) is 6.70. The number of hydrogen-bond acceptors (Lipinski definition) is 1. The van der Waals surface area contributed by atoms with E-state index in [1.54, 1.807) is 0 Å². The Kier molecular flexibility index (Phi) is 2.34. The number of nitrogens with one attached hydrogen (secondary N) is 1. The van der Waals surface area contributed by atoms with Gasteiger partial charge in [0.15, 0.2) is 0 Å². The quantitative estimate of drug-likeness (QED) is 0.555. The van der Waals surface area contributed by atoms with Crippen LogP contribution in [-0.4, -0.2) is 6.21 Å². The van der Waals surface area contributed by atoms with Gasteiger partial charge in [0.1, 0.15) is 11.6 Å². The van der Waals surface area contributed by atoms with Crippen LogP contribution in [0.25, 0.3) is 0 Å². The zero-order chi connectivity index (χ0) is 8.43. The molecule has 0 radical (unpaired) electrons. The van der Waals surface area contributed by atoms with Crippen molar-refractivity contribution in [1.82, 2.24) is 0 Å². The van der Waals surface area contributed by atoms with Crippen molar-refractivity contribution in [1.29, 1.82) is 5.41 Å². The maximum atomic E-state index is 12.7. The lowest BCUT2D eigenvalue weighted by Gasteiger charge is -1.97. The first-order chi connectivity index (χ1) is 5.15. The number of halogens is 3. The average molecular weight is 220 g/mol. The van der Waals surface area contributed by atoms with E-state index >= 15 is 0 Å². The van der Waals surface area contributed by atoms with Crippen molar-refractivity contribution in [2.24, 2.45) is 0 Å². The van der Waals surface area contributed by atoms with Crippen LogP contribution in [0.1, 0.15) is 5.56 Å². The topological polar surface area (TPSA) is 23.9 Å². The number of hydrogen-bond donors (Lipinski definition) is 1. The maximum Gasteiger partial charge on any atom is 0.138 e. The second-order valence-electron chi connectivity index (χ2n) is 1.93. The summed E-state index contributed by atoms with van der Waals surface area (Å²) in [4.78, 5) is 0. The summed E-state index contributed by atoms with van der Waals surface area (Å²) in [5.74, 6) is -1.17. The van der Waals surface area contributed by atoms with E-state index in [0.717, 1.165) is 18.3 Å². The maximum absolute atomic E-state index is 12.7. The predicted molar refractivity (Wildman–Crippen MR) is 41.9 cm³/mol. The van der Waals surface area contributed by atoms with Gasteiger partial charge in [0, 0.05) is 11.8 Å². The van der Waals surface area contributed by atoms with Gasteiger partial charge in [-0.1, -0.05) is 0 Å². The third-order valence-electron chi connectivity index (χ3n) is 1.20. The Balaban J connectivity index is 3.31. The summed E-state index contributed by atoms with van der Waals surface area (Å²) in [6, 6.07) is 1.96. The molecule has 4 heteroatoms. The number of benzene rings is 1. The van der Waals surface area contributed by atoms with E-state index in [2.05, 4.69) is 15.9 Å². The van der Waals surface area contributed by atoms with Crippen LogP contribution in [0.5, 0.6) is 0 Å². The summed E-state index contributed by atoms with van der Waals surface area (Å²) >= 11 is 2.82. The lowest BCUT2D eigenvalue weighted by molar-refractivity contribution is 0.593. The lowest BCUT2D eigenvalue weighted by atomic mass is 10.2. The molecule has 0 bridgehead atoms. The van der Waals surface area contributed by atoms with Crippen LogP contribution < -0.4 is 0 Å². The molecule has 0 aliphatic rings. The second-order valence-corrected chi connectivity index (χ2v) is 2.79. The summed E-state index contributed by atoms with van der Waals surface area (Å²) in [6.07, 6.45) is 0.769. The third-order valence-corrected chi connectivity index (χ3v) is 1.80. The van der Waals surface area contributed by atoms with Crippen molar-refractivity contribution in [2.75, 3.05) is 0 Å². The summed E-state index contributed by atoms with van der Waals surface area (Å²) in [5.41, 5.74) is -0.0503. The Bertz CT molecular complexity index is 299. The molecule has 0 heterocycles. The highest BCUT2D eigenvalue weighted by atomic mass is 79.9.